The lowest BCUT2D eigenvalue weighted by Crippen LogP contribution is -2.37. The Labute approximate surface area is 112 Å². The molecular formula is C12H17NO3S2. The minimum absolute atomic E-state index is 0.0308. The molecule has 0 aromatic carbocycles. The van der Waals surface area contributed by atoms with Crippen LogP contribution in [0.4, 0.5) is 0 Å². The summed E-state index contributed by atoms with van der Waals surface area (Å²) in [6, 6.07) is 1.88. The number of carbonyl (C=O) groups excluding carboxylic acids is 1. The van der Waals surface area contributed by atoms with Crippen LogP contribution in [0, 0.1) is 0 Å². The highest BCUT2D eigenvalue weighted by Gasteiger charge is 2.32. The van der Waals surface area contributed by atoms with Crippen LogP contribution < -0.4 is 0 Å². The number of aryl methyl sites for hydroxylation is 1. The summed E-state index contributed by atoms with van der Waals surface area (Å²) >= 11 is 1.62. The summed E-state index contributed by atoms with van der Waals surface area (Å²) in [6.07, 6.45) is 1.75. The van der Waals surface area contributed by atoms with E-state index in [-0.39, 0.29) is 23.5 Å². The van der Waals surface area contributed by atoms with E-state index in [2.05, 4.69) is 0 Å². The van der Waals surface area contributed by atoms with Crippen LogP contribution in [0.3, 0.4) is 0 Å². The van der Waals surface area contributed by atoms with Gasteiger partial charge in [0.2, 0.25) is 5.91 Å². The van der Waals surface area contributed by atoms with Crippen LogP contribution in [0.1, 0.15) is 18.4 Å². The van der Waals surface area contributed by atoms with Crippen LogP contribution in [-0.4, -0.2) is 43.8 Å². The first-order chi connectivity index (χ1) is 8.48. The van der Waals surface area contributed by atoms with Gasteiger partial charge in [0.15, 0.2) is 9.84 Å². The van der Waals surface area contributed by atoms with Crippen molar-refractivity contribution >= 4 is 27.1 Å². The molecule has 1 saturated heterocycles. The lowest BCUT2D eigenvalue weighted by atomic mass is 10.1. The molecule has 1 atom stereocenters. The summed E-state index contributed by atoms with van der Waals surface area (Å²) in [7, 11) is -1.21. The topological polar surface area (TPSA) is 54.5 Å². The number of thiophene rings is 1. The van der Waals surface area contributed by atoms with Crippen molar-refractivity contribution in [3.05, 3.63) is 22.4 Å². The van der Waals surface area contributed by atoms with Gasteiger partial charge in [-0.1, -0.05) is 0 Å². The van der Waals surface area contributed by atoms with E-state index in [1.807, 2.05) is 16.8 Å². The first-order valence-electron chi connectivity index (χ1n) is 5.95. The van der Waals surface area contributed by atoms with E-state index < -0.39 is 9.84 Å². The molecule has 0 radical (unpaired) electrons. The van der Waals surface area contributed by atoms with Crippen LogP contribution in [-0.2, 0) is 21.1 Å². The molecule has 2 rings (SSSR count). The standard InChI is InChI=1S/C12H17NO3S2/c1-13(11-5-7-18(15,16)9-11)12(14)3-2-10-4-6-17-8-10/h4,6,8,11H,2-3,5,7,9H2,1H3. The summed E-state index contributed by atoms with van der Waals surface area (Å²) in [6.45, 7) is 0. The molecule has 1 aromatic heterocycles. The molecule has 1 amide bonds. The zero-order chi connectivity index (χ0) is 13.2. The summed E-state index contributed by atoms with van der Waals surface area (Å²) in [5, 5.41) is 4.03. The zero-order valence-corrected chi connectivity index (χ0v) is 12.0. The molecule has 18 heavy (non-hydrogen) atoms. The largest absolute Gasteiger partial charge is 0.342 e. The molecule has 1 aliphatic heterocycles. The molecule has 0 saturated carbocycles. The number of nitrogens with zero attached hydrogens (tertiary/aromatic N) is 1. The minimum atomic E-state index is -2.92. The highest BCUT2D eigenvalue weighted by atomic mass is 32.2. The first kappa shape index (κ1) is 13.5. The predicted octanol–water partition coefficient (Wildman–Crippen LogP) is 1.33. The lowest BCUT2D eigenvalue weighted by molar-refractivity contribution is -0.131. The molecule has 100 valence electrons. The molecule has 1 aliphatic rings. The second-order valence-corrected chi connectivity index (χ2v) is 7.70. The Morgan fingerprint density at radius 2 is 2.33 bits per heavy atom. The maximum Gasteiger partial charge on any atom is 0.222 e. The van der Waals surface area contributed by atoms with Gasteiger partial charge in [-0.3, -0.25) is 4.79 Å². The van der Waals surface area contributed by atoms with Gasteiger partial charge in [0, 0.05) is 19.5 Å². The molecule has 1 unspecified atom stereocenters. The Kier molecular flexibility index (Phi) is 4.07. The van der Waals surface area contributed by atoms with Gasteiger partial charge in [0.25, 0.3) is 0 Å². The number of hydrogen-bond donors (Lipinski definition) is 0. The molecular weight excluding hydrogens is 270 g/mol. The van der Waals surface area contributed by atoms with Crippen molar-refractivity contribution in [2.24, 2.45) is 0 Å². The fourth-order valence-electron chi connectivity index (χ4n) is 2.15. The van der Waals surface area contributed by atoms with Crippen molar-refractivity contribution in [2.75, 3.05) is 18.6 Å². The average Bonchev–Trinajstić information content (AvgIpc) is 2.94. The number of rotatable bonds is 4. The normalized spacial score (nSPS) is 21.9. The molecule has 2 heterocycles. The molecule has 0 aliphatic carbocycles. The monoisotopic (exact) mass is 287 g/mol. The molecule has 0 spiro atoms. The third-order valence-corrected chi connectivity index (χ3v) is 5.84. The van der Waals surface area contributed by atoms with Gasteiger partial charge in [-0.25, -0.2) is 8.42 Å². The van der Waals surface area contributed by atoms with E-state index in [0.717, 1.165) is 6.42 Å². The SMILES string of the molecule is CN(C(=O)CCc1ccsc1)C1CCS(=O)(=O)C1. The fourth-order valence-corrected chi connectivity index (χ4v) is 4.62. The Bertz CT molecular complexity index is 507. The molecule has 0 N–H and O–H groups in total. The number of carbonyl (C=O) groups is 1. The van der Waals surface area contributed by atoms with Gasteiger partial charge in [-0.05, 0) is 35.2 Å². The van der Waals surface area contributed by atoms with Gasteiger partial charge in [0.1, 0.15) is 0 Å². The molecule has 4 nitrogen and oxygen atoms in total. The highest BCUT2D eigenvalue weighted by molar-refractivity contribution is 7.91. The van der Waals surface area contributed by atoms with E-state index in [1.165, 1.54) is 5.56 Å². The Morgan fingerprint density at radius 1 is 1.56 bits per heavy atom. The van der Waals surface area contributed by atoms with E-state index >= 15 is 0 Å². The second-order valence-electron chi connectivity index (χ2n) is 4.69. The van der Waals surface area contributed by atoms with Crippen molar-refractivity contribution < 1.29 is 13.2 Å². The van der Waals surface area contributed by atoms with Crippen molar-refractivity contribution in [2.45, 2.75) is 25.3 Å². The fraction of sp³-hybridized carbons (Fsp3) is 0.583. The van der Waals surface area contributed by atoms with Crippen molar-refractivity contribution in [1.82, 2.24) is 4.90 Å². The molecule has 1 fully saturated rings. The van der Waals surface area contributed by atoms with Crippen molar-refractivity contribution in [3.8, 4) is 0 Å². The molecule has 1 aromatic rings. The minimum Gasteiger partial charge on any atom is -0.342 e. The number of hydrogen-bond acceptors (Lipinski definition) is 4. The summed E-state index contributed by atoms with van der Waals surface area (Å²) in [5.41, 5.74) is 1.17. The highest BCUT2D eigenvalue weighted by Crippen LogP contribution is 2.18. The van der Waals surface area contributed by atoms with E-state index in [1.54, 1.807) is 23.3 Å². The van der Waals surface area contributed by atoms with Crippen LogP contribution in [0.15, 0.2) is 16.8 Å². The van der Waals surface area contributed by atoms with Gasteiger partial charge < -0.3 is 4.90 Å². The van der Waals surface area contributed by atoms with Gasteiger partial charge in [-0.2, -0.15) is 11.3 Å². The van der Waals surface area contributed by atoms with Gasteiger partial charge in [0.05, 0.1) is 11.5 Å². The molecule has 0 bridgehead atoms. The third kappa shape index (κ3) is 3.32. The van der Waals surface area contributed by atoms with Gasteiger partial charge in [-0.15, -0.1) is 0 Å². The van der Waals surface area contributed by atoms with Crippen LogP contribution in [0.2, 0.25) is 0 Å². The Balaban J connectivity index is 1.85. The average molecular weight is 287 g/mol. The van der Waals surface area contributed by atoms with Gasteiger partial charge >= 0.3 is 0 Å². The predicted molar refractivity (Wildman–Crippen MR) is 72.5 cm³/mol. The van der Waals surface area contributed by atoms with E-state index in [0.29, 0.717) is 12.8 Å². The van der Waals surface area contributed by atoms with E-state index in [9.17, 15) is 13.2 Å². The van der Waals surface area contributed by atoms with Crippen molar-refractivity contribution in [1.29, 1.82) is 0 Å². The van der Waals surface area contributed by atoms with Crippen LogP contribution in [0.5, 0.6) is 0 Å². The summed E-state index contributed by atoms with van der Waals surface area (Å²) < 4.78 is 22.8. The summed E-state index contributed by atoms with van der Waals surface area (Å²) in [4.78, 5) is 13.6. The van der Waals surface area contributed by atoms with Crippen LogP contribution >= 0.6 is 11.3 Å². The molecule has 6 heteroatoms. The van der Waals surface area contributed by atoms with Crippen molar-refractivity contribution in [3.63, 3.8) is 0 Å². The number of sulfone groups is 1. The maximum absolute atomic E-state index is 12.0. The van der Waals surface area contributed by atoms with E-state index in [4.69, 9.17) is 0 Å². The summed E-state index contributed by atoms with van der Waals surface area (Å²) in [5.74, 6) is 0.358. The third-order valence-electron chi connectivity index (χ3n) is 3.36. The quantitative estimate of drug-likeness (QED) is 0.839. The lowest BCUT2D eigenvalue weighted by Gasteiger charge is -2.23. The smallest absolute Gasteiger partial charge is 0.222 e. The first-order valence-corrected chi connectivity index (χ1v) is 8.71. The van der Waals surface area contributed by atoms with Crippen LogP contribution in [0.25, 0.3) is 0 Å². The Morgan fingerprint density at radius 3 is 2.89 bits per heavy atom. The Hall–Kier alpha value is -0.880. The number of amides is 1. The zero-order valence-electron chi connectivity index (χ0n) is 10.3. The second kappa shape index (κ2) is 5.40. The maximum atomic E-state index is 12.0.